The molecule has 0 aliphatic rings. The predicted octanol–water partition coefficient (Wildman–Crippen LogP) is 1.97. The van der Waals surface area contributed by atoms with E-state index in [1.54, 1.807) is 24.7 Å². The lowest BCUT2D eigenvalue weighted by Gasteiger charge is -1.94. The maximum atomic E-state index is 11.3. The van der Waals surface area contributed by atoms with E-state index >= 15 is 0 Å². The highest BCUT2D eigenvalue weighted by molar-refractivity contribution is 7.13. The van der Waals surface area contributed by atoms with Gasteiger partial charge < -0.3 is 9.26 Å². The largest absolute Gasteiger partial charge is 0.461 e. The average molecular weight is 224 g/mol. The Bertz CT molecular complexity index is 450. The Hall–Kier alpha value is -1.69. The molecule has 78 valence electrons. The van der Waals surface area contributed by atoms with Crippen LogP contribution in [-0.4, -0.2) is 22.7 Å². The summed E-state index contributed by atoms with van der Waals surface area (Å²) in [5.74, 6) is 0.0533. The van der Waals surface area contributed by atoms with Crippen LogP contribution in [0.3, 0.4) is 0 Å². The number of esters is 1. The Morgan fingerprint density at radius 1 is 1.67 bits per heavy atom. The van der Waals surface area contributed by atoms with Gasteiger partial charge in [-0.05, 0) is 6.92 Å². The second kappa shape index (κ2) is 4.22. The summed E-state index contributed by atoms with van der Waals surface area (Å²) in [7, 11) is 0. The molecule has 2 aromatic rings. The summed E-state index contributed by atoms with van der Waals surface area (Å²) in [5, 5.41) is 3.62. The third-order valence-corrected chi connectivity index (χ3v) is 2.46. The number of hydrogen-bond acceptors (Lipinski definition) is 6. The van der Waals surface area contributed by atoms with Crippen molar-refractivity contribution in [2.45, 2.75) is 6.92 Å². The third kappa shape index (κ3) is 2.04. The summed E-state index contributed by atoms with van der Waals surface area (Å²) < 4.78 is 9.78. The van der Waals surface area contributed by atoms with Gasteiger partial charge in [-0.1, -0.05) is 5.16 Å². The zero-order chi connectivity index (χ0) is 10.7. The highest BCUT2D eigenvalue weighted by Crippen LogP contribution is 2.23. The normalized spacial score (nSPS) is 10.2. The number of thiazole rings is 1. The standard InChI is InChI=1S/C9H8N2O3S/c1-2-13-9(12)6-3-7(14-11-6)8-4-10-5-15-8/h3-5H,2H2,1H3. The lowest BCUT2D eigenvalue weighted by Crippen LogP contribution is -2.04. The van der Waals surface area contributed by atoms with Gasteiger partial charge in [0.1, 0.15) is 0 Å². The van der Waals surface area contributed by atoms with Gasteiger partial charge in [0.2, 0.25) is 0 Å². The van der Waals surface area contributed by atoms with Crippen molar-refractivity contribution < 1.29 is 14.1 Å². The Balaban J connectivity index is 2.21. The number of aromatic nitrogens is 2. The van der Waals surface area contributed by atoms with Gasteiger partial charge in [-0.2, -0.15) is 0 Å². The number of rotatable bonds is 3. The van der Waals surface area contributed by atoms with Crippen molar-refractivity contribution in [1.29, 1.82) is 0 Å². The van der Waals surface area contributed by atoms with Gasteiger partial charge in [0.25, 0.3) is 0 Å². The van der Waals surface area contributed by atoms with Crippen LogP contribution in [0.25, 0.3) is 10.6 Å². The zero-order valence-electron chi connectivity index (χ0n) is 7.97. The first kappa shape index (κ1) is 9.85. The molecule has 5 nitrogen and oxygen atoms in total. The molecule has 2 heterocycles. The summed E-state index contributed by atoms with van der Waals surface area (Å²) in [4.78, 5) is 16.0. The minimum absolute atomic E-state index is 0.181. The first-order valence-corrected chi connectivity index (χ1v) is 5.22. The first-order chi connectivity index (χ1) is 7.31. The zero-order valence-corrected chi connectivity index (χ0v) is 8.78. The fourth-order valence-electron chi connectivity index (χ4n) is 1.03. The topological polar surface area (TPSA) is 65.2 Å². The van der Waals surface area contributed by atoms with E-state index in [1.807, 2.05) is 0 Å². The minimum atomic E-state index is -0.475. The molecule has 0 amide bonds. The second-order valence-electron chi connectivity index (χ2n) is 2.66. The highest BCUT2D eigenvalue weighted by Gasteiger charge is 2.14. The highest BCUT2D eigenvalue weighted by atomic mass is 32.1. The predicted molar refractivity (Wildman–Crippen MR) is 53.6 cm³/mol. The van der Waals surface area contributed by atoms with Crippen molar-refractivity contribution >= 4 is 17.3 Å². The van der Waals surface area contributed by atoms with Crippen LogP contribution in [0.1, 0.15) is 17.4 Å². The van der Waals surface area contributed by atoms with Crippen LogP contribution in [0.2, 0.25) is 0 Å². The number of nitrogens with zero attached hydrogens (tertiary/aromatic N) is 2. The average Bonchev–Trinajstić information content (AvgIpc) is 2.89. The van der Waals surface area contributed by atoms with Crippen LogP contribution in [0.15, 0.2) is 22.3 Å². The second-order valence-corrected chi connectivity index (χ2v) is 3.55. The molecule has 0 N–H and O–H groups in total. The van der Waals surface area contributed by atoms with E-state index in [9.17, 15) is 4.79 Å². The maximum Gasteiger partial charge on any atom is 0.360 e. The quantitative estimate of drug-likeness (QED) is 0.746. The van der Waals surface area contributed by atoms with E-state index in [-0.39, 0.29) is 5.69 Å². The van der Waals surface area contributed by atoms with Gasteiger partial charge in [-0.3, -0.25) is 4.98 Å². The molecule has 2 aromatic heterocycles. The van der Waals surface area contributed by atoms with Crippen LogP contribution < -0.4 is 0 Å². The summed E-state index contributed by atoms with van der Waals surface area (Å²) in [5.41, 5.74) is 1.86. The Morgan fingerprint density at radius 2 is 2.53 bits per heavy atom. The van der Waals surface area contributed by atoms with Crippen LogP contribution in [-0.2, 0) is 4.74 Å². The van der Waals surface area contributed by atoms with E-state index in [4.69, 9.17) is 9.26 Å². The van der Waals surface area contributed by atoms with Crippen molar-refractivity contribution in [2.24, 2.45) is 0 Å². The van der Waals surface area contributed by atoms with Gasteiger partial charge in [-0.25, -0.2) is 4.79 Å². The van der Waals surface area contributed by atoms with Gasteiger partial charge in [0.05, 0.1) is 17.0 Å². The van der Waals surface area contributed by atoms with Crippen LogP contribution in [0, 0.1) is 0 Å². The van der Waals surface area contributed by atoms with E-state index in [2.05, 4.69) is 10.1 Å². The summed E-state index contributed by atoms with van der Waals surface area (Å²) in [6, 6.07) is 1.55. The number of carbonyl (C=O) groups is 1. The van der Waals surface area contributed by atoms with Gasteiger partial charge in [-0.15, -0.1) is 11.3 Å². The molecule has 2 rings (SSSR count). The molecule has 0 saturated carbocycles. The fourth-order valence-corrected chi connectivity index (χ4v) is 1.60. The van der Waals surface area contributed by atoms with E-state index < -0.39 is 5.97 Å². The molecular formula is C9H8N2O3S. The SMILES string of the molecule is CCOC(=O)c1cc(-c2cncs2)on1. The van der Waals surface area contributed by atoms with Crippen molar-refractivity contribution in [1.82, 2.24) is 10.1 Å². The Morgan fingerprint density at radius 3 is 3.20 bits per heavy atom. The van der Waals surface area contributed by atoms with Crippen molar-refractivity contribution in [2.75, 3.05) is 6.61 Å². The molecular weight excluding hydrogens is 216 g/mol. The van der Waals surface area contributed by atoms with Gasteiger partial charge in [0, 0.05) is 12.3 Å². The monoisotopic (exact) mass is 224 g/mol. The smallest absolute Gasteiger partial charge is 0.360 e. The van der Waals surface area contributed by atoms with Crippen molar-refractivity contribution in [3.05, 3.63) is 23.5 Å². The van der Waals surface area contributed by atoms with E-state index in [0.717, 1.165) is 4.88 Å². The van der Waals surface area contributed by atoms with Crippen molar-refractivity contribution in [3.8, 4) is 10.6 Å². The number of ether oxygens (including phenoxy) is 1. The Kier molecular flexibility index (Phi) is 2.77. The fraction of sp³-hybridized carbons (Fsp3) is 0.222. The molecule has 15 heavy (non-hydrogen) atoms. The lowest BCUT2D eigenvalue weighted by molar-refractivity contribution is 0.0514. The number of hydrogen-bond donors (Lipinski definition) is 0. The lowest BCUT2D eigenvalue weighted by atomic mass is 10.3. The maximum absolute atomic E-state index is 11.3. The van der Waals surface area contributed by atoms with Crippen molar-refractivity contribution in [3.63, 3.8) is 0 Å². The number of carbonyl (C=O) groups excluding carboxylic acids is 1. The third-order valence-electron chi connectivity index (χ3n) is 1.67. The summed E-state index contributed by atoms with van der Waals surface area (Å²) in [6.07, 6.45) is 1.65. The van der Waals surface area contributed by atoms with E-state index in [1.165, 1.54) is 11.3 Å². The van der Waals surface area contributed by atoms with Gasteiger partial charge >= 0.3 is 5.97 Å². The molecule has 6 heteroatoms. The molecule has 0 unspecified atom stereocenters. The molecule has 0 atom stereocenters. The molecule has 0 radical (unpaired) electrons. The van der Waals surface area contributed by atoms with Crippen LogP contribution in [0.5, 0.6) is 0 Å². The van der Waals surface area contributed by atoms with E-state index in [0.29, 0.717) is 12.4 Å². The summed E-state index contributed by atoms with van der Waals surface area (Å²) in [6.45, 7) is 2.06. The van der Waals surface area contributed by atoms with Crippen LogP contribution >= 0.6 is 11.3 Å². The molecule has 0 spiro atoms. The Labute approximate surface area is 89.7 Å². The molecule has 0 aliphatic heterocycles. The molecule has 0 aliphatic carbocycles. The first-order valence-electron chi connectivity index (χ1n) is 4.34. The van der Waals surface area contributed by atoms with Gasteiger partial charge in [0.15, 0.2) is 11.5 Å². The molecule has 0 fully saturated rings. The van der Waals surface area contributed by atoms with Crippen LogP contribution in [0.4, 0.5) is 0 Å². The minimum Gasteiger partial charge on any atom is -0.461 e. The summed E-state index contributed by atoms with van der Waals surface area (Å²) >= 11 is 1.42. The molecule has 0 aromatic carbocycles. The molecule has 0 saturated heterocycles. The molecule has 0 bridgehead atoms.